The second-order valence-corrected chi connectivity index (χ2v) is 5.95. The monoisotopic (exact) mass is 322 g/mol. The Morgan fingerprint density at radius 1 is 1.06 bits per heavy atom. The first-order valence-corrected chi connectivity index (χ1v) is 6.81. The standard InChI is InChI=1S/C4H6F4O8S2/c5-1-13-4(6,7)16-18(11,12)3-17(9,10)15-2-14-8/h1-3H2. The Bertz CT molecular complexity index is 444. The van der Waals surface area contributed by atoms with Crippen molar-refractivity contribution >= 4 is 20.2 Å². The zero-order valence-electron chi connectivity index (χ0n) is 8.22. The summed E-state index contributed by atoms with van der Waals surface area (Å²) in [6.45, 7) is -3.56. The Labute approximate surface area is 98.5 Å². The van der Waals surface area contributed by atoms with Crippen LogP contribution in [0.25, 0.3) is 0 Å². The number of hydrogen-bond acceptors (Lipinski definition) is 8. The zero-order valence-corrected chi connectivity index (χ0v) is 9.85. The normalized spacial score (nSPS) is 13.8. The summed E-state index contributed by atoms with van der Waals surface area (Å²) in [4.78, 5) is 2.67. The molecule has 110 valence electrons. The van der Waals surface area contributed by atoms with Crippen molar-refractivity contribution in [2.45, 2.75) is 6.29 Å². The molecule has 8 nitrogen and oxygen atoms in total. The van der Waals surface area contributed by atoms with Gasteiger partial charge in [0.2, 0.25) is 11.9 Å². The molecule has 0 bridgehead atoms. The van der Waals surface area contributed by atoms with E-state index in [-0.39, 0.29) is 0 Å². The highest BCUT2D eigenvalue weighted by atomic mass is 32.3. The van der Waals surface area contributed by atoms with Crippen LogP contribution < -0.4 is 0 Å². The fourth-order valence-corrected chi connectivity index (χ4v) is 2.97. The summed E-state index contributed by atoms with van der Waals surface area (Å²) >= 11 is 0. The molecular weight excluding hydrogens is 316 g/mol. The van der Waals surface area contributed by atoms with Crippen molar-refractivity contribution in [1.29, 1.82) is 0 Å². The molecule has 14 heteroatoms. The van der Waals surface area contributed by atoms with Gasteiger partial charge in [-0.05, 0) is 4.53 Å². The van der Waals surface area contributed by atoms with Gasteiger partial charge in [0.25, 0.3) is 20.2 Å². The number of hydrogen-bond donors (Lipinski definition) is 0. The van der Waals surface area contributed by atoms with E-state index >= 15 is 0 Å². The molecule has 0 aliphatic rings. The topological polar surface area (TPSA) is 105 Å². The van der Waals surface area contributed by atoms with Crippen LogP contribution >= 0.6 is 0 Å². The fraction of sp³-hybridized carbons (Fsp3) is 1.00. The van der Waals surface area contributed by atoms with Crippen LogP contribution in [-0.2, 0) is 38.3 Å². The van der Waals surface area contributed by atoms with Gasteiger partial charge in [0.15, 0.2) is 6.86 Å². The van der Waals surface area contributed by atoms with Crippen molar-refractivity contribution in [2.75, 3.05) is 18.7 Å². The molecule has 0 aromatic carbocycles. The van der Waals surface area contributed by atoms with Gasteiger partial charge in [-0.25, -0.2) is 8.57 Å². The molecule has 0 spiro atoms. The van der Waals surface area contributed by atoms with Gasteiger partial charge in [0.1, 0.15) is 0 Å². The van der Waals surface area contributed by atoms with Crippen LogP contribution in [0, 0.1) is 0 Å². The lowest BCUT2D eigenvalue weighted by molar-refractivity contribution is -0.361. The second-order valence-electron chi connectivity index (χ2n) is 2.38. The number of rotatable bonds is 9. The molecule has 0 saturated heterocycles. The SMILES string of the molecule is O=S(=O)(CS(=O)(=O)OC(F)(F)OCF)OCOF. The maximum Gasteiger partial charge on any atom is 0.502 e. The van der Waals surface area contributed by atoms with E-state index in [0.29, 0.717) is 0 Å². The van der Waals surface area contributed by atoms with E-state index < -0.39 is 45.3 Å². The van der Waals surface area contributed by atoms with Gasteiger partial charge in [-0.15, -0.1) is 8.78 Å². The van der Waals surface area contributed by atoms with Crippen LogP contribution in [0.1, 0.15) is 0 Å². The lowest BCUT2D eigenvalue weighted by atomic mass is 11.2. The molecule has 0 heterocycles. The lowest BCUT2D eigenvalue weighted by Gasteiger charge is -2.13. The van der Waals surface area contributed by atoms with Gasteiger partial charge in [-0.1, -0.05) is 0 Å². The third-order valence-corrected chi connectivity index (χ3v) is 4.22. The highest BCUT2D eigenvalue weighted by Gasteiger charge is 2.41. The molecule has 0 amide bonds. The Kier molecular flexibility index (Phi) is 6.38. The van der Waals surface area contributed by atoms with Crippen molar-refractivity contribution in [3.8, 4) is 0 Å². The Morgan fingerprint density at radius 2 is 1.61 bits per heavy atom. The number of alkyl halides is 3. The molecule has 18 heavy (non-hydrogen) atoms. The van der Waals surface area contributed by atoms with E-state index in [1.54, 1.807) is 0 Å². The predicted molar refractivity (Wildman–Crippen MR) is 43.9 cm³/mol. The molecule has 0 radical (unpaired) electrons. The first-order valence-electron chi connectivity index (χ1n) is 3.65. The van der Waals surface area contributed by atoms with Gasteiger partial charge in [0, 0.05) is 0 Å². The third-order valence-electron chi connectivity index (χ3n) is 1.01. The molecule has 0 aliphatic heterocycles. The summed E-state index contributed by atoms with van der Waals surface area (Å²) in [6, 6.07) is 0. The second kappa shape index (κ2) is 6.58. The number of halogens is 4. The van der Waals surface area contributed by atoms with Crippen molar-refractivity contribution in [1.82, 2.24) is 0 Å². The van der Waals surface area contributed by atoms with Crippen LogP contribution in [0.3, 0.4) is 0 Å². The molecule has 0 rings (SSSR count). The van der Waals surface area contributed by atoms with Crippen LogP contribution in [0.15, 0.2) is 0 Å². The van der Waals surface area contributed by atoms with E-state index in [2.05, 4.69) is 18.0 Å². The summed E-state index contributed by atoms with van der Waals surface area (Å²) in [7, 11) is -10.3. The molecule has 0 aromatic rings. The summed E-state index contributed by atoms with van der Waals surface area (Å²) in [5.41, 5.74) is 0. The molecule has 0 aliphatic carbocycles. The molecular formula is C4H6F4O8S2. The van der Waals surface area contributed by atoms with E-state index in [0.717, 1.165) is 0 Å². The smallest absolute Gasteiger partial charge is 0.263 e. The van der Waals surface area contributed by atoms with Gasteiger partial charge >= 0.3 is 6.29 Å². The molecule has 0 saturated carbocycles. The minimum Gasteiger partial charge on any atom is -0.263 e. The summed E-state index contributed by atoms with van der Waals surface area (Å²) in [6.07, 6.45) is -4.89. The fourth-order valence-electron chi connectivity index (χ4n) is 0.562. The van der Waals surface area contributed by atoms with E-state index in [9.17, 15) is 34.5 Å². The largest absolute Gasteiger partial charge is 0.502 e. The van der Waals surface area contributed by atoms with Crippen molar-refractivity contribution in [3.05, 3.63) is 0 Å². The summed E-state index contributed by atoms with van der Waals surface area (Å²) < 4.78 is 99.8. The van der Waals surface area contributed by atoms with Gasteiger partial charge < -0.3 is 0 Å². The predicted octanol–water partition coefficient (Wildman–Crippen LogP) is -0.0108. The number of ether oxygens (including phenoxy) is 1. The van der Waals surface area contributed by atoms with E-state index in [4.69, 9.17) is 0 Å². The Balaban J connectivity index is 4.67. The van der Waals surface area contributed by atoms with Crippen LogP contribution in [0.2, 0.25) is 0 Å². The van der Waals surface area contributed by atoms with Crippen LogP contribution in [-0.4, -0.2) is 41.9 Å². The molecule has 0 N–H and O–H groups in total. The van der Waals surface area contributed by atoms with Gasteiger partial charge in [-0.3, -0.25) is 4.74 Å². The average Bonchev–Trinajstić information content (AvgIpc) is 2.10. The Hall–Kier alpha value is -0.540. The quantitative estimate of drug-likeness (QED) is 0.331. The third kappa shape index (κ3) is 7.72. The van der Waals surface area contributed by atoms with E-state index in [1.165, 1.54) is 0 Å². The maximum atomic E-state index is 12.4. The average molecular weight is 322 g/mol. The first-order chi connectivity index (χ1) is 8.04. The molecule has 0 fully saturated rings. The van der Waals surface area contributed by atoms with Gasteiger partial charge in [0.05, 0.1) is 0 Å². The zero-order chi connectivity index (χ0) is 14.4. The van der Waals surface area contributed by atoms with Crippen molar-refractivity contribution in [2.24, 2.45) is 0 Å². The highest BCUT2D eigenvalue weighted by Crippen LogP contribution is 2.21. The van der Waals surface area contributed by atoms with Crippen LogP contribution in [0.5, 0.6) is 0 Å². The molecule has 0 atom stereocenters. The van der Waals surface area contributed by atoms with Gasteiger partial charge in [-0.2, -0.15) is 26.0 Å². The lowest BCUT2D eigenvalue weighted by Crippen LogP contribution is -2.32. The van der Waals surface area contributed by atoms with Crippen molar-refractivity contribution < 1.29 is 52.6 Å². The molecule has 0 unspecified atom stereocenters. The Morgan fingerprint density at radius 3 is 2.06 bits per heavy atom. The highest BCUT2D eigenvalue weighted by molar-refractivity contribution is 8.03. The minimum absolute atomic E-state index is 1.48. The van der Waals surface area contributed by atoms with Crippen LogP contribution in [0.4, 0.5) is 17.7 Å². The minimum atomic E-state index is -5.38. The van der Waals surface area contributed by atoms with Crippen molar-refractivity contribution in [3.63, 3.8) is 0 Å². The maximum absolute atomic E-state index is 12.4. The molecule has 0 aromatic heterocycles. The first kappa shape index (κ1) is 17.5. The summed E-state index contributed by atoms with van der Waals surface area (Å²) in [5, 5.41) is -2.07. The summed E-state index contributed by atoms with van der Waals surface area (Å²) in [5.74, 6) is 0. The van der Waals surface area contributed by atoms with E-state index in [1.807, 2.05) is 0 Å².